The van der Waals surface area contributed by atoms with Crippen molar-refractivity contribution in [2.75, 3.05) is 7.05 Å². The van der Waals surface area contributed by atoms with Crippen LogP contribution in [-0.2, 0) is 6.54 Å². The number of nitrogens with zero attached hydrogens (tertiary/aromatic N) is 4. The van der Waals surface area contributed by atoms with E-state index in [0.717, 1.165) is 9.69 Å². The lowest BCUT2D eigenvalue weighted by Crippen LogP contribution is -2.47. The maximum absolute atomic E-state index is 12.7. The number of aromatic nitrogens is 2. The van der Waals surface area contributed by atoms with Gasteiger partial charge in [0.15, 0.2) is 5.69 Å². The molecule has 12 heteroatoms. The highest BCUT2D eigenvalue weighted by atomic mass is 35.5. The van der Waals surface area contributed by atoms with Crippen LogP contribution in [0, 0.1) is 0 Å². The second-order valence-corrected chi connectivity index (χ2v) is 6.50. The summed E-state index contributed by atoms with van der Waals surface area (Å²) in [4.78, 5) is 25.3. The van der Waals surface area contributed by atoms with Gasteiger partial charge in [-0.2, -0.15) is 5.10 Å². The van der Waals surface area contributed by atoms with Gasteiger partial charge in [0.2, 0.25) is 5.96 Å². The Labute approximate surface area is 169 Å². The molecule has 0 aliphatic heterocycles. The van der Waals surface area contributed by atoms with Crippen LogP contribution < -0.4 is 22.6 Å². The van der Waals surface area contributed by atoms with Gasteiger partial charge in [0.1, 0.15) is 0 Å². The summed E-state index contributed by atoms with van der Waals surface area (Å²) in [5, 5.41) is 11.1. The monoisotopic (exact) mass is 431 g/mol. The summed E-state index contributed by atoms with van der Waals surface area (Å²) in [6.45, 7) is 1.91. The Bertz CT molecular complexity index is 973. The van der Waals surface area contributed by atoms with Crippen LogP contribution >= 0.6 is 34.8 Å². The molecule has 0 bridgehead atoms. The van der Waals surface area contributed by atoms with E-state index in [-0.39, 0.29) is 33.8 Å². The molecule has 1 aromatic carbocycles. The Morgan fingerprint density at radius 1 is 1.33 bits per heavy atom. The molecule has 0 saturated heterocycles. The number of aryl methyl sites for hydroxylation is 1. The molecule has 9 nitrogen and oxygen atoms in total. The Morgan fingerprint density at radius 2 is 2.00 bits per heavy atom. The minimum atomic E-state index is -0.745. The number of carbonyl (C=O) groups is 1. The summed E-state index contributed by atoms with van der Waals surface area (Å²) in [7, 11) is 1.43. The Kier molecular flexibility index (Phi) is 6.66. The Balaban J connectivity index is 2.66. The van der Waals surface area contributed by atoms with Crippen LogP contribution in [0.1, 0.15) is 17.4 Å². The van der Waals surface area contributed by atoms with Gasteiger partial charge in [-0.3, -0.25) is 19.9 Å². The van der Waals surface area contributed by atoms with E-state index in [9.17, 15) is 9.59 Å². The number of amides is 1. The molecule has 2 aromatic rings. The zero-order valence-electron chi connectivity index (χ0n) is 14.3. The number of hydrazone groups is 1. The van der Waals surface area contributed by atoms with Crippen molar-refractivity contribution in [2.24, 2.45) is 16.8 Å². The third-order valence-electron chi connectivity index (χ3n) is 3.50. The molecule has 0 spiro atoms. The van der Waals surface area contributed by atoms with E-state index in [2.05, 4.69) is 15.5 Å². The second-order valence-electron chi connectivity index (χ2n) is 5.31. The molecule has 0 atom stereocenters. The first-order valence-electron chi connectivity index (χ1n) is 7.54. The molecular formula is C15H16Cl3N7O2. The fraction of sp³-hybridized carbons (Fsp3) is 0.200. The number of hydrogen-bond acceptors (Lipinski definition) is 6. The third kappa shape index (κ3) is 4.33. The van der Waals surface area contributed by atoms with Crippen LogP contribution in [0.15, 0.2) is 28.1 Å². The second kappa shape index (κ2) is 8.57. The molecular weight excluding hydrogens is 417 g/mol. The molecule has 0 radical (unpaired) electrons. The number of nitrogens with one attached hydrogen (secondary N) is 1. The summed E-state index contributed by atoms with van der Waals surface area (Å²) in [6.07, 6.45) is 0. The number of hydrogen-bond donors (Lipinski definition) is 3. The van der Waals surface area contributed by atoms with Crippen molar-refractivity contribution < 1.29 is 4.79 Å². The number of rotatable bonds is 3. The highest BCUT2D eigenvalue weighted by Gasteiger charge is 2.23. The standard InChI is InChI=1S/C15H16Cl3N7O2/c1-3-25-14(27)10(7-4-5-8(16)9(17)6-7)11(18)12(23-25)13(26)21-15(22-19)24(2)20/h4-6H,3,19-20H2,1-2H3,(H,21,22,26). The average Bonchev–Trinajstić information content (AvgIpc) is 2.62. The van der Waals surface area contributed by atoms with Crippen LogP contribution in [-0.4, -0.2) is 33.7 Å². The Morgan fingerprint density at radius 3 is 2.52 bits per heavy atom. The van der Waals surface area contributed by atoms with Crippen molar-refractivity contribution in [3.8, 4) is 11.1 Å². The summed E-state index contributed by atoms with van der Waals surface area (Å²) >= 11 is 18.3. The summed E-state index contributed by atoms with van der Waals surface area (Å²) in [6, 6.07) is 4.57. The van der Waals surface area contributed by atoms with Crippen molar-refractivity contribution in [2.45, 2.75) is 13.5 Å². The lowest BCUT2D eigenvalue weighted by molar-refractivity contribution is 0.0965. The number of nitrogens with two attached hydrogens (primary N) is 2. The number of hydrazine groups is 1. The van der Waals surface area contributed by atoms with E-state index in [1.165, 1.54) is 19.2 Å². The van der Waals surface area contributed by atoms with E-state index >= 15 is 0 Å². The lowest BCUT2D eigenvalue weighted by atomic mass is 10.1. The first-order chi connectivity index (χ1) is 12.7. The fourth-order valence-electron chi connectivity index (χ4n) is 2.18. The SMILES string of the molecule is CCn1nc(C(=O)N/C(=N/N)N(C)N)c(Cl)c(-c2ccc(Cl)c(Cl)c2)c1=O. The van der Waals surface area contributed by atoms with Crippen LogP contribution in [0.4, 0.5) is 0 Å². The topological polar surface area (TPSA) is 132 Å². The van der Waals surface area contributed by atoms with Crippen LogP contribution in [0.25, 0.3) is 11.1 Å². The quantitative estimate of drug-likeness (QED) is 0.292. The maximum atomic E-state index is 12.7. The predicted octanol–water partition coefficient (Wildman–Crippen LogP) is 1.66. The summed E-state index contributed by atoms with van der Waals surface area (Å²) in [5.74, 6) is 9.83. The van der Waals surface area contributed by atoms with Gasteiger partial charge < -0.3 is 5.84 Å². The number of guanidine groups is 1. The molecule has 27 heavy (non-hydrogen) atoms. The zero-order chi connectivity index (χ0) is 20.3. The van der Waals surface area contributed by atoms with Gasteiger partial charge in [-0.25, -0.2) is 10.5 Å². The van der Waals surface area contributed by atoms with Gasteiger partial charge in [0.25, 0.3) is 11.5 Å². The molecule has 1 heterocycles. The minimum Gasteiger partial charge on any atom is -0.320 e. The van der Waals surface area contributed by atoms with Crippen molar-refractivity contribution in [1.29, 1.82) is 0 Å². The molecule has 0 unspecified atom stereocenters. The van der Waals surface area contributed by atoms with Gasteiger partial charge in [0, 0.05) is 13.6 Å². The van der Waals surface area contributed by atoms with E-state index in [4.69, 9.17) is 46.5 Å². The molecule has 0 fully saturated rings. The molecule has 0 saturated carbocycles. The molecule has 144 valence electrons. The fourth-order valence-corrected chi connectivity index (χ4v) is 2.80. The lowest BCUT2D eigenvalue weighted by Gasteiger charge is -2.16. The first kappa shape index (κ1) is 21.0. The normalized spacial score (nSPS) is 11.4. The minimum absolute atomic E-state index is 0.0598. The van der Waals surface area contributed by atoms with E-state index in [1.807, 2.05) is 0 Å². The van der Waals surface area contributed by atoms with Crippen molar-refractivity contribution in [1.82, 2.24) is 20.1 Å². The average molecular weight is 433 g/mol. The number of benzene rings is 1. The van der Waals surface area contributed by atoms with Crippen molar-refractivity contribution in [3.63, 3.8) is 0 Å². The smallest absolute Gasteiger partial charge is 0.280 e. The van der Waals surface area contributed by atoms with Crippen molar-refractivity contribution >= 4 is 46.7 Å². The van der Waals surface area contributed by atoms with Crippen LogP contribution in [0.5, 0.6) is 0 Å². The largest absolute Gasteiger partial charge is 0.320 e. The number of halogens is 3. The van der Waals surface area contributed by atoms with Crippen LogP contribution in [0.3, 0.4) is 0 Å². The Hall–Kier alpha value is -2.33. The van der Waals surface area contributed by atoms with Gasteiger partial charge in [0.05, 0.1) is 20.6 Å². The molecule has 5 N–H and O–H groups in total. The third-order valence-corrected chi connectivity index (χ3v) is 4.61. The summed E-state index contributed by atoms with van der Waals surface area (Å²) in [5.41, 5.74) is -0.241. The van der Waals surface area contributed by atoms with Gasteiger partial charge in [-0.1, -0.05) is 40.9 Å². The van der Waals surface area contributed by atoms with Gasteiger partial charge in [-0.05, 0) is 24.6 Å². The number of carbonyl (C=O) groups excluding carboxylic acids is 1. The first-order valence-corrected chi connectivity index (χ1v) is 8.68. The zero-order valence-corrected chi connectivity index (χ0v) is 16.6. The maximum Gasteiger partial charge on any atom is 0.280 e. The van der Waals surface area contributed by atoms with Crippen LogP contribution in [0.2, 0.25) is 15.1 Å². The predicted molar refractivity (Wildman–Crippen MR) is 106 cm³/mol. The molecule has 2 rings (SSSR count). The molecule has 1 amide bonds. The molecule has 1 aromatic heterocycles. The highest BCUT2D eigenvalue weighted by molar-refractivity contribution is 6.42. The molecule has 0 aliphatic rings. The van der Waals surface area contributed by atoms with E-state index in [1.54, 1.807) is 13.0 Å². The summed E-state index contributed by atoms with van der Waals surface area (Å²) < 4.78 is 1.10. The molecule has 0 aliphatic carbocycles. The highest BCUT2D eigenvalue weighted by Crippen LogP contribution is 2.31. The van der Waals surface area contributed by atoms with E-state index in [0.29, 0.717) is 10.6 Å². The van der Waals surface area contributed by atoms with Gasteiger partial charge >= 0.3 is 0 Å². The van der Waals surface area contributed by atoms with Gasteiger partial charge in [-0.15, -0.1) is 5.10 Å². The van der Waals surface area contributed by atoms with Crippen molar-refractivity contribution in [3.05, 3.63) is 49.3 Å². The van der Waals surface area contributed by atoms with E-state index < -0.39 is 11.5 Å².